The van der Waals surface area contributed by atoms with Gasteiger partial charge < -0.3 is 19.7 Å². The Hall–Kier alpha value is -3.02. The molecule has 0 saturated heterocycles. The molecule has 0 bridgehead atoms. The minimum Gasteiger partial charge on any atom is -0.493 e. The number of benzene rings is 2. The van der Waals surface area contributed by atoms with Gasteiger partial charge in [-0.05, 0) is 35.2 Å². The van der Waals surface area contributed by atoms with Crippen LogP contribution < -0.4 is 14.8 Å². The van der Waals surface area contributed by atoms with E-state index in [1.165, 1.54) is 0 Å². The third kappa shape index (κ3) is 3.96. The molecule has 148 valence electrons. The molecule has 2 amide bonds. The van der Waals surface area contributed by atoms with Crippen LogP contribution in [-0.2, 0) is 22.6 Å². The molecule has 2 aromatic rings. The van der Waals surface area contributed by atoms with E-state index in [0.717, 1.165) is 23.1 Å². The van der Waals surface area contributed by atoms with Gasteiger partial charge in [-0.25, -0.2) is 0 Å². The van der Waals surface area contributed by atoms with Gasteiger partial charge in [-0.2, -0.15) is 0 Å². The molecule has 6 heteroatoms. The van der Waals surface area contributed by atoms with Gasteiger partial charge in [0.15, 0.2) is 11.5 Å². The first kappa shape index (κ1) is 19.7. The number of methoxy groups -OCH3 is 2. The normalized spacial score (nSPS) is 15.5. The largest absolute Gasteiger partial charge is 0.493 e. The third-order valence-electron chi connectivity index (χ3n) is 5.07. The van der Waals surface area contributed by atoms with Crippen molar-refractivity contribution in [2.75, 3.05) is 20.8 Å². The van der Waals surface area contributed by atoms with Crippen molar-refractivity contribution in [3.63, 3.8) is 0 Å². The maximum Gasteiger partial charge on any atom is 0.247 e. The molecule has 0 aliphatic carbocycles. The number of hydrogen-bond donors (Lipinski definition) is 1. The lowest BCUT2D eigenvalue weighted by atomic mass is 9.91. The third-order valence-corrected chi connectivity index (χ3v) is 5.07. The van der Waals surface area contributed by atoms with Crippen LogP contribution in [-0.4, -0.2) is 37.5 Å². The summed E-state index contributed by atoms with van der Waals surface area (Å²) in [7, 11) is 3.16. The van der Waals surface area contributed by atoms with Gasteiger partial charge in [0.1, 0.15) is 6.04 Å². The Kier molecular flexibility index (Phi) is 6.19. The molecular formula is C22H26N2O4. The molecule has 2 aromatic carbocycles. The van der Waals surface area contributed by atoms with E-state index in [-0.39, 0.29) is 11.8 Å². The van der Waals surface area contributed by atoms with E-state index in [0.29, 0.717) is 31.0 Å². The summed E-state index contributed by atoms with van der Waals surface area (Å²) in [4.78, 5) is 27.2. The van der Waals surface area contributed by atoms with Crippen molar-refractivity contribution in [3.05, 3.63) is 59.2 Å². The average Bonchev–Trinajstić information content (AvgIpc) is 2.75. The van der Waals surface area contributed by atoms with E-state index in [2.05, 4.69) is 5.32 Å². The van der Waals surface area contributed by atoms with Gasteiger partial charge in [0.2, 0.25) is 11.8 Å². The topological polar surface area (TPSA) is 67.9 Å². The zero-order chi connectivity index (χ0) is 20.1. The van der Waals surface area contributed by atoms with Gasteiger partial charge in [-0.3, -0.25) is 9.59 Å². The van der Waals surface area contributed by atoms with Crippen LogP contribution in [0.2, 0.25) is 0 Å². The maximum atomic E-state index is 13.1. The van der Waals surface area contributed by atoms with E-state index in [9.17, 15) is 9.59 Å². The number of hydrogen-bond acceptors (Lipinski definition) is 4. The lowest BCUT2D eigenvalue weighted by molar-refractivity contribution is -0.141. The number of nitrogens with one attached hydrogen (secondary N) is 1. The van der Waals surface area contributed by atoms with E-state index >= 15 is 0 Å². The molecule has 1 atom stereocenters. The number of carbonyl (C=O) groups excluding carboxylic acids is 2. The number of amides is 2. The Balaban J connectivity index is 1.80. The molecule has 0 radical (unpaired) electrons. The predicted molar refractivity (Wildman–Crippen MR) is 106 cm³/mol. The lowest BCUT2D eigenvalue weighted by Crippen LogP contribution is -2.46. The zero-order valence-corrected chi connectivity index (χ0v) is 16.5. The molecule has 1 heterocycles. The van der Waals surface area contributed by atoms with Crippen LogP contribution in [0.5, 0.6) is 11.5 Å². The van der Waals surface area contributed by atoms with Crippen LogP contribution in [0.25, 0.3) is 0 Å². The van der Waals surface area contributed by atoms with Crippen LogP contribution in [0, 0.1) is 0 Å². The second kappa shape index (κ2) is 8.78. The minimum absolute atomic E-state index is 0.0132. The van der Waals surface area contributed by atoms with Crippen molar-refractivity contribution in [1.82, 2.24) is 10.2 Å². The van der Waals surface area contributed by atoms with Crippen LogP contribution >= 0.6 is 0 Å². The standard InChI is InChI=1S/C22H26N2O4/c1-4-20(25)24-12-11-16-7-5-6-8-17(16)21(24)22(26)23-14-15-9-10-18(27-2)19(13-15)28-3/h5-10,13,21H,4,11-12,14H2,1-3H3,(H,23,26). The van der Waals surface area contributed by atoms with Gasteiger partial charge in [0, 0.05) is 19.5 Å². The van der Waals surface area contributed by atoms with Gasteiger partial charge in [0.25, 0.3) is 0 Å². The summed E-state index contributed by atoms with van der Waals surface area (Å²) in [6, 6.07) is 12.8. The van der Waals surface area contributed by atoms with Gasteiger partial charge >= 0.3 is 0 Å². The molecule has 1 unspecified atom stereocenters. The van der Waals surface area contributed by atoms with Gasteiger partial charge in [-0.1, -0.05) is 37.3 Å². The van der Waals surface area contributed by atoms with Crippen LogP contribution in [0.4, 0.5) is 0 Å². The first-order valence-electron chi connectivity index (χ1n) is 9.45. The minimum atomic E-state index is -0.599. The summed E-state index contributed by atoms with van der Waals surface area (Å²) in [6.07, 6.45) is 1.14. The van der Waals surface area contributed by atoms with E-state index in [1.54, 1.807) is 19.1 Å². The van der Waals surface area contributed by atoms with E-state index in [4.69, 9.17) is 9.47 Å². The Morgan fingerprint density at radius 1 is 1.11 bits per heavy atom. The van der Waals surface area contributed by atoms with Crippen molar-refractivity contribution in [2.24, 2.45) is 0 Å². The predicted octanol–water partition coefficient (Wildman–Crippen LogP) is 2.86. The first-order chi connectivity index (χ1) is 13.6. The summed E-state index contributed by atoms with van der Waals surface area (Å²) in [5, 5.41) is 2.98. The quantitative estimate of drug-likeness (QED) is 0.834. The molecule has 1 N–H and O–H groups in total. The smallest absolute Gasteiger partial charge is 0.247 e. The summed E-state index contributed by atoms with van der Waals surface area (Å²) in [5.41, 5.74) is 2.91. The van der Waals surface area contributed by atoms with Gasteiger partial charge in [-0.15, -0.1) is 0 Å². The highest BCUT2D eigenvalue weighted by atomic mass is 16.5. The van der Waals surface area contributed by atoms with Crippen molar-refractivity contribution in [3.8, 4) is 11.5 Å². The van der Waals surface area contributed by atoms with Crippen LogP contribution in [0.1, 0.15) is 36.1 Å². The summed E-state index contributed by atoms with van der Waals surface area (Å²) < 4.78 is 10.6. The molecule has 3 rings (SSSR count). The fourth-order valence-corrected chi connectivity index (χ4v) is 3.60. The Labute approximate surface area is 165 Å². The zero-order valence-electron chi connectivity index (χ0n) is 16.5. The highest BCUT2D eigenvalue weighted by Crippen LogP contribution is 2.31. The molecule has 0 saturated carbocycles. The Morgan fingerprint density at radius 2 is 1.86 bits per heavy atom. The fraction of sp³-hybridized carbons (Fsp3) is 0.364. The monoisotopic (exact) mass is 382 g/mol. The lowest BCUT2D eigenvalue weighted by Gasteiger charge is -2.36. The number of ether oxygens (including phenoxy) is 2. The SMILES string of the molecule is CCC(=O)N1CCc2ccccc2C1C(=O)NCc1ccc(OC)c(OC)c1. The van der Waals surface area contributed by atoms with Crippen LogP contribution in [0.3, 0.4) is 0 Å². The average molecular weight is 382 g/mol. The molecule has 0 fully saturated rings. The maximum absolute atomic E-state index is 13.1. The Bertz CT molecular complexity index is 865. The molecule has 1 aliphatic heterocycles. The molecule has 28 heavy (non-hydrogen) atoms. The molecule has 1 aliphatic rings. The second-order valence-corrected chi connectivity index (χ2v) is 6.70. The number of rotatable bonds is 6. The molecule has 0 aromatic heterocycles. The second-order valence-electron chi connectivity index (χ2n) is 6.70. The van der Waals surface area contributed by atoms with Gasteiger partial charge in [0.05, 0.1) is 14.2 Å². The highest BCUT2D eigenvalue weighted by Gasteiger charge is 2.34. The van der Waals surface area contributed by atoms with Crippen molar-refractivity contribution in [1.29, 1.82) is 0 Å². The fourth-order valence-electron chi connectivity index (χ4n) is 3.60. The highest BCUT2D eigenvalue weighted by molar-refractivity contribution is 5.89. The van der Waals surface area contributed by atoms with Crippen molar-refractivity contribution < 1.29 is 19.1 Å². The first-order valence-corrected chi connectivity index (χ1v) is 9.45. The molecule has 0 spiro atoms. The number of carbonyl (C=O) groups is 2. The summed E-state index contributed by atoms with van der Waals surface area (Å²) >= 11 is 0. The number of fused-ring (bicyclic) bond motifs is 1. The summed E-state index contributed by atoms with van der Waals surface area (Å²) in [6.45, 7) is 2.71. The van der Waals surface area contributed by atoms with Crippen molar-refractivity contribution >= 4 is 11.8 Å². The van der Waals surface area contributed by atoms with E-state index in [1.807, 2.05) is 49.4 Å². The molecule has 6 nitrogen and oxygen atoms in total. The van der Waals surface area contributed by atoms with Crippen molar-refractivity contribution in [2.45, 2.75) is 32.4 Å². The summed E-state index contributed by atoms with van der Waals surface area (Å²) in [5.74, 6) is 1.06. The number of nitrogens with zero attached hydrogens (tertiary/aromatic N) is 1. The Morgan fingerprint density at radius 3 is 2.57 bits per heavy atom. The van der Waals surface area contributed by atoms with Crippen LogP contribution in [0.15, 0.2) is 42.5 Å². The van der Waals surface area contributed by atoms with E-state index < -0.39 is 6.04 Å². The molecular weight excluding hydrogens is 356 g/mol.